The van der Waals surface area contributed by atoms with Crippen molar-refractivity contribution in [2.45, 2.75) is 20.8 Å². The van der Waals surface area contributed by atoms with E-state index in [9.17, 15) is 8.42 Å². The molecule has 0 unspecified atom stereocenters. The Balaban J connectivity index is 2.70. The van der Waals surface area contributed by atoms with Crippen molar-refractivity contribution in [3.63, 3.8) is 0 Å². The molecule has 0 bridgehead atoms. The van der Waals surface area contributed by atoms with Gasteiger partial charge >= 0.3 is 0 Å². The summed E-state index contributed by atoms with van der Waals surface area (Å²) in [6, 6.07) is 7.20. The summed E-state index contributed by atoms with van der Waals surface area (Å²) in [5.74, 6) is 1.22. The van der Waals surface area contributed by atoms with Crippen molar-refractivity contribution in [2.24, 2.45) is 4.40 Å². The zero-order valence-corrected chi connectivity index (χ0v) is 15.9. The van der Waals surface area contributed by atoms with E-state index in [0.29, 0.717) is 36.9 Å². The number of likely N-dealkylation sites (N-methyl/N-ethyl adjacent to an activating group) is 1. The first-order chi connectivity index (χ1) is 11.9. The third kappa shape index (κ3) is 3.71. The lowest BCUT2D eigenvalue weighted by molar-refractivity contribution is 0.242. The molecule has 6 nitrogen and oxygen atoms in total. The fraction of sp³-hybridized carbons (Fsp3) is 0.389. The molecule has 0 aromatic heterocycles. The van der Waals surface area contributed by atoms with Crippen molar-refractivity contribution < 1.29 is 17.9 Å². The highest BCUT2D eigenvalue weighted by Gasteiger charge is 2.37. The van der Waals surface area contributed by atoms with E-state index < -0.39 is 10.0 Å². The summed E-state index contributed by atoms with van der Waals surface area (Å²) in [7, 11) is -2.28. The SMILES string of the molecule is C=C(OCC)C1=C(c2ccc(OC)cc2)C(N(CC)CC)=NS1(=O)=O. The van der Waals surface area contributed by atoms with Gasteiger partial charge in [0.1, 0.15) is 16.4 Å². The second-order valence-electron chi connectivity index (χ2n) is 5.35. The molecule has 7 heteroatoms. The standard InChI is InChI=1S/C18H24N2O4S/c1-6-20(7-2)18-16(14-9-11-15(23-5)12-10-14)17(13(4)24-8-3)25(21,22)19-18/h9-12H,4,6-8H2,1-3,5H3. The Kier molecular flexibility index (Phi) is 5.89. The van der Waals surface area contributed by atoms with Gasteiger partial charge in [0.2, 0.25) is 0 Å². The summed E-state index contributed by atoms with van der Waals surface area (Å²) in [5.41, 5.74) is 1.24. The minimum absolute atomic E-state index is 0.0291. The highest BCUT2D eigenvalue weighted by atomic mass is 32.2. The molecule has 25 heavy (non-hydrogen) atoms. The molecule has 0 N–H and O–H groups in total. The second kappa shape index (κ2) is 7.74. The Morgan fingerprint density at radius 1 is 1.16 bits per heavy atom. The highest BCUT2D eigenvalue weighted by molar-refractivity contribution is 7.95. The monoisotopic (exact) mass is 364 g/mol. The number of ether oxygens (including phenoxy) is 2. The Morgan fingerprint density at radius 3 is 2.24 bits per heavy atom. The third-order valence-electron chi connectivity index (χ3n) is 3.93. The van der Waals surface area contributed by atoms with Crippen molar-refractivity contribution >= 4 is 21.4 Å². The molecule has 0 atom stereocenters. The smallest absolute Gasteiger partial charge is 0.288 e. The van der Waals surface area contributed by atoms with Crippen LogP contribution >= 0.6 is 0 Å². The van der Waals surface area contributed by atoms with Crippen LogP contribution < -0.4 is 4.74 Å². The molecule has 1 aromatic rings. The van der Waals surface area contributed by atoms with Crippen molar-refractivity contribution in [3.8, 4) is 5.75 Å². The van der Waals surface area contributed by atoms with E-state index in [1.807, 2.05) is 30.9 Å². The van der Waals surface area contributed by atoms with Crippen molar-refractivity contribution in [1.29, 1.82) is 0 Å². The molecule has 0 saturated heterocycles. The van der Waals surface area contributed by atoms with Gasteiger partial charge in [-0.3, -0.25) is 0 Å². The minimum atomic E-state index is -3.87. The first-order valence-corrected chi connectivity index (χ1v) is 9.64. The number of sulfonamides is 1. The lowest BCUT2D eigenvalue weighted by atomic mass is 10.0. The molecule has 0 saturated carbocycles. The molecular weight excluding hydrogens is 340 g/mol. The number of hydrogen-bond acceptors (Lipinski definition) is 5. The summed E-state index contributed by atoms with van der Waals surface area (Å²) >= 11 is 0. The van der Waals surface area contributed by atoms with Crippen molar-refractivity contribution in [1.82, 2.24) is 4.90 Å². The molecule has 1 heterocycles. The molecule has 1 aliphatic heterocycles. The van der Waals surface area contributed by atoms with E-state index in [2.05, 4.69) is 11.0 Å². The molecule has 136 valence electrons. The second-order valence-corrected chi connectivity index (χ2v) is 6.89. The van der Waals surface area contributed by atoms with E-state index in [-0.39, 0.29) is 10.7 Å². The van der Waals surface area contributed by atoms with Gasteiger partial charge in [-0.2, -0.15) is 8.42 Å². The summed E-state index contributed by atoms with van der Waals surface area (Å²) in [6.07, 6.45) is 0. The van der Waals surface area contributed by atoms with Gasteiger partial charge in [0.15, 0.2) is 5.84 Å². The third-order valence-corrected chi connectivity index (χ3v) is 5.29. The predicted octanol–water partition coefficient (Wildman–Crippen LogP) is 3.04. The first kappa shape index (κ1) is 19.1. The minimum Gasteiger partial charge on any atom is -0.497 e. The topological polar surface area (TPSA) is 68.2 Å². The van der Waals surface area contributed by atoms with Crippen LogP contribution in [0.1, 0.15) is 26.3 Å². The normalized spacial score (nSPS) is 15.8. The van der Waals surface area contributed by atoms with E-state index in [1.165, 1.54) is 0 Å². The number of rotatable bonds is 7. The first-order valence-electron chi connectivity index (χ1n) is 8.20. The van der Waals surface area contributed by atoms with Gasteiger partial charge in [-0.05, 0) is 38.5 Å². The van der Waals surface area contributed by atoms with Crippen LogP contribution in [0.4, 0.5) is 0 Å². The van der Waals surface area contributed by atoms with Gasteiger partial charge in [-0.1, -0.05) is 18.7 Å². The number of hydrogen-bond donors (Lipinski definition) is 0. The molecule has 0 radical (unpaired) electrons. The van der Waals surface area contributed by atoms with Crippen LogP contribution in [0.5, 0.6) is 5.75 Å². The maximum absolute atomic E-state index is 12.7. The van der Waals surface area contributed by atoms with Gasteiger partial charge in [0.25, 0.3) is 10.0 Å². The lowest BCUT2D eigenvalue weighted by Crippen LogP contribution is -2.30. The van der Waals surface area contributed by atoms with E-state index >= 15 is 0 Å². The maximum atomic E-state index is 12.7. The van der Waals surface area contributed by atoms with Gasteiger partial charge in [-0.15, -0.1) is 4.40 Å². The Labute approximate surface area is 149 Å². The average Bonchev–Trinajstić information content (AvgIpc) is 2.87. The predicted molar refractivity (Wildman–Crippen MR) is 100.0 cm³/mol. The summed E-state index contributed by atoms with van der Waals surface area (Å²) in [5, 5.41) is 0. The Bertz CT molecular complexity index is 804. The van der Waals surface area contributed by atoms with Crippen LogP contribution in [0.25, 0.3) is 5.57 Å². The zero-order chi connectivity index (χ0) is 18.6. The van der Waals surface area contributed by atoms with Crippen LogP contribution in [0.15, 0.2) is 45.9 Å². The summed E-state index contributed by atoms with van der Waals surface area (Å²) in [4.78, 5) is 1.94. The number of benzene rings is 1. The fourth-order valence-electron chi connectivity index (χ4n) is 2.72. The van der Waals surface area contributed by atoms with Gasteiger partial charge in [-0.25, -0.2) is 0 Å². The Hall–Kier alpha value is -2.28. The number of nitrogens with zero attached hydrogens (tertiary/aromatic N) is 2. The van der Waals surface area contributed by atoms with Gasteiger partial charge in [0, 0.05) is 18.7 Å². The lowest BCUT2D eigenvalue weighted by Gasteiger charge is -2.22. The fourth-order valence-corrected chi connectivity index (χ4v) is 4.06. The Morgan fingerprint density at radius 2 is 1.76 bits per heavy atom. The molecule has 2 rings (SSSR count). The van der Waals surface area contributed by atoms with Crippen LogP contribution in [-0.4, -0.2) is 46.0 Å². The quantitative estimate of drug-likeness (QED) is 0.696. The van der Waals surface area contributed by atoms with Crippen molar-refractivity contribution in [2.75, 3.05) is 26.8 Å². The van der Waals surface area contributed by atoms with E-state index in [4.69, 9.17) is 9.47 Å². The molecule has 0 amide bonds. The molecule has 0 fully saturated rings. The van der Waals surface area contributed by atoms with E-state index in [0.717, 1.165) is 5.56 Å². The average molecular weight is 364 g/mol. The molecule has 1 aromatic carbocycles. The molecule has 0 spiro atoms. The van der Waals surface area contributed by atoms with Gasteiger partial charge < -0.3 is 14.4 Å². The summed E-state index contributed by atoms with van der Waals surface area (Å²) in [6.45, 7) is 11.1. The highest BCUT2D eigenvalue weighted by Crippen LogP contribution is 2.37. The van der Waals surface area contributed by atoms with E-state index in [1.54, 1.807) is 26.2 Å². The summed E-state index contributed by atoms with van der Waals surface area (Å²) < 4.78 is 40.0. The zero-order valence-electron chi connectivity index (χ0n) is 15.1. The van der Waals surface area contributed by atoms with Crippen LogP contribution in [0.3, 0.4) is 0 Å². The molecule has 1 aliphatic rings. The maximum Gasteiger partial charge on any atom is 0.288 e. The number of amidine groups is 1. The van der Waals surface area contributed by atoms with Crippen LogP contribution in [0.2, 0.25) is 0 Å². The van der Waals surface area contributed by atoms with Crippen molar-refractivity contribution in [3.05, 3.63) is 47.1 Å². The number of methoxy groups -OCH3 is 1. The van der Waals surface area contributed by atoms with Crippen LogP contribution in [-0.2, 0) is 14.8 Å². The van der Waals surface area contributed by atoms with Crippen LogP contribution in [0, 0.1) is 0 Å². The molecule has 0 aliphatic carbocycles. The largest absolute Gasteiger partial charge is 0.497 e. The molecular formula is C18H24N2O4S. The van der Waals surface area contributed by atoms with Gasteiger partial charge in [0.05, 0.1) is 13.7 Å².